The Morgan fingerprint density at radius 1 is 1.12 bits per heavy atom. The zero-order chi connectivity index (χ0) is 28.4. The van der Waals surface area contributed by atoms with Gasteiger partial charge >= 0.3 is 5.97 Å². The third-order valence-electron chi connectivity index (χ3n) is 9.07. The van der Waals surface area contributed by atoms with Gasteiger partial charge in [-0.3, -0.25) is 4.90 Å². The highest BCUT2D eigenvalue weighted by molar-refractivity contribution is 5.89. The molecule has 1 saturated heterocycles. The van der Waals surface area contributed by atoms with Crippen molar-refractivity contribution in [3.8, 4) is 5.75 Å². The lowest BCUT2D eigenvalue weighted by atomic mass is 9.58. The standard InChI is InChI=1S/C30H33F4N3O3/c1-17-9-25(40-2)22(20-5-7-35-26(17)20)14-37-8-6-28(15-30(33,34)16-28)13-24(37)21-4-3-18(27(38)39)10-23(21)36-19-11-29(31,32)12-19/h3-5,7,9-10,19,24,35-36H,6,8,11-16H2,1-2H3,(H,38,39)/t24-/m1/s1. The molecule has 40 heavy (non-hydrogen) atoms. The molecule has 0 radical (unpaired) electrons. The molecule has 3 fully saturated rings. The molecular weight excluding hydrogens is 526 g/mol. The number of methoxy groups -OCH3 is 1. The van der Waals surface area contributed by atoms with E-state index in [9.17, 15) is 27.5 Å². The Labute approximate surface area is 229 Å². The second kappa shape index (κ2) is 9.39. The van der Waals surface area contributed by atoms with Crippen LogP contribution < -0.4 is 10.1 Å². The average Bonchev–Trinajstić information content (AvgIpc) is 3.35. The molecule has 1 aliphatic heterocycles. The van der Waals surface area contributed by atoms with Gasteiger partial charge in [0.2, 0.25) is 5.92 Å². The average molecular weight is 560 g/mol. The van der Waals surface area contributed by atoms with Crippen molar-refractivity contribution in [2.24, 2.45) is 5.41 Å². The number of rotatable bonds is 7. The number of aromatic carboxylic acids is 1. The third kappa shape index (κ3) is 4.80. The summed E-state index contributed by atoms with van der Waals surface area (Å²) in [6.07, 6.45) is 1.95. The maximum absolute atomic E-state index is 14.2. The molecule has 0 bridgehead atoms. The zero-order valence-electron chi connectivity index (χ0n) is 22.5. The van der Waals surface area contributed by atoms with Crippen LogP contribution in [0.15, 0.2) is 36.5 Å². The van der Waals surface area contributed by atoms with Gasteiger partial charge in [0.25, 0.3) is 5.92 Å². The summed E-state index contributed by atoms with van der Waals surface area (Å²) in [5.41, 5.74) is 3.75. The van der Waals surface area contributed by atoms with E-state index in [0.29, 0.717) is 31.6 Å². The van der Waals surface area contributed by atoms with Crippen molar-refractivity contribution in [2.45, 2.75) is 75.9 Å². The van der Waals surface area contributed by atoms with Crippen molar-refractivity contribution in [2.75, 3.05) is 19.0 Å². The van der Waals surface area contributed by atoms with Crippen LogP contribution in [0.1, 0.15) is 71.6 Å². The number of ether oxygens (including phenoxy) is 1. The minimum Gasteiger partial charge on any atom is -0.496 e. The molecule has 2 heterocycles. The second-order valence-corrected chi connectivity index (χ2v) is 12.0. The Morgan fingerprint density at radius 2 is 1.88 bits per heavy atom. The number of carboxylic acids is 1. The summed E-state index contributed by atoms with van der Waals surface area (Å²) in [6, 6.07) is 7.87. The number of nitrogens with one attached hydrogen (secondary N) is 2. The predicted molar refractivity (Wildman–Crippen MR) is 144 cm³/mol. The number of aromatic nitrogens is 1. The van der Waals surface area contributed by atoms with Crippen LogP contribution in [-0.2, 0) is 6.54 Å². The van der Waals surface area contributed by atoms with E-state index in [1.54, 1.807) is 13.2 Å². The Morgan fingerprint density at radius 3 is 2.52 bits per heavy atom. The first-order valence-electron chi connectivity index (χ1n) is 13.6. The molecule has 2 aliphatic carbocycles. The lowest BCUT2D eigenvalue weighted by molar-refractivity contribution is -0.186. The van der Waals surface area contributed by atoms with Crippen LogP contribution in [0.5, 0.6) is 5.75 Å². The van der Waals surface area contributed by atoms with Gasteiger partial charge in [0.15, 0.2) is 0 Å². The number of fused-ring (bicyclic) bond motifs is 1. The Bertz CT molecular complexity index is 1450. The van der Waals surface area contributed by atoms with Gasteiger partial charge in [0, 0.05) is 72.7 Å². The number of likely N-dealkylation sites (tertiary alicyclic amines) is 1. The van der Waals surface area contributed by atoms with E-state index in [1.807, 2.05) is 25.3 Å². The van der Waals surface area contributed by atoms with Crippen LogP contribution in [0.25, 0.3) is 10.9 Å². The summed E-state index contributed by atoms with van der Waals surface area (Å²) in [7, 11) is 1.62. The molecule has 3 aromatic rings. The van der Waals surface area contributed by atoms with E-state index in [4.69, 9.17) is 4.74 Å². The number of carbonyl (C=O) groups is 1. The molecule has 1 spiro atoms. The van der Waals surface area contributed by atoms with E-state index in [0.717, 1.165) is 33.3 Å². The lowest BCUT2D eigenvalue weighted by Crippen LogP contribution is -2.53. The highest BCUT2D eigenvalue weighted by Gasteiger charge is 2.58. The molecule has 2 saturated carbocycles. The molecule has 2 aromatic carbocycles. The van der Waals surface area contributed by atoms with Gasteiger partial charge in [-0.2, -0.15) is 0 Å². The van der Waals surface area contributed by atoms with Crippen molar-refractivity contribution in [3.05, 3.63) is 58.8 Å². The van der Waals surface area contributed by atoms with Gasteiger partial charge in [-0.1, -0.05) is 6.07 Å². The fourth-order valence-electron chi connectivity index (χ4n) is 7.11. The van der Waals surface area contributed by atoms with Gasteiger partial charge in [-0.05, 0) is 67.1 Å². The molecular formula is C30H33F4N3O3. The Kier molecular flexibility index (Phi) is 6.32. The fourth-order valence-corrected chi connectivity index (χ4v) is 7.11. The normalized spacial score (nSPS) is 23.5. The largest absolute Gasteiger partial charge is 0.496 e. The first-order valence-corrected chi connectivity index (χ1v) is 13.6. The van der Waals surface area contributed by atoms with Gasteiger partial charge in [0.1, 0.15) is 5.75 Å². The number of nitrogens with zero attached hydrogens (tertiary/aromatic N) is 1. The number of aryl methyl sites for hydroxylation is 1. The molecule has 0 amide bonds. The molecule has 1 atom stereocenters. The van der Waals surface area contributed by atoms with E-state index in [-0.39, 0.29) is 37.3 Å². The highest BCUT2D eigenvalue weighted by atomic mass is 19.3. The Balaban J connectivity index is 1.40. The number of anilines is 1. The van der Waals surface area contributed by atoms with E-state index < -0.39 is 29.3 Å². The van der Waals surface area contributed by atoms with Crippen LogP contribution in [0.4, 0.5) is 23.2 Å². The maximum Gasteiger partial charge on any atom is 0.335 e. The zero-order valence-corrected chi connectivity index (χ0v) is 22.5. The van der Waals surface area contributed by atoms with Crippen LogP contribution >= 0.6 is 0 Å². The van der Waals surface area contributed by atoms with Crippen LogP contribution in [0, 0.1) is 12.3 Å². The first kappa shape index (κ1) is 26.9. The van der Waals surface area contributed by atoms with Gasteiger partial charge in [-0.15, -0.1) is 0 Å². The van der Waals surface area contributed by atoms with E-state index in [2.05, 4.69) is 15.2 Å². The number of benzene rings is 2. The number of piperidine rings is 1. The number of halogens is 4. The number of carboxylic acid groups (broad SMARTS) is 1. The summed E-state index contributed by atoms with van der Waals surface area (Å²) >= 11 is 0. The summed E-state index contributed by atoms with van der Waals surface area (Å²) in [4.78, 5) is 17.3. The van der Waals surface area contributed by atoms with Gasteiger partial charge in [0.05, 0.1) is 12.7 Å². The lowest BCUT2D eigenvalue weighted by Gasteiger charge is -2.55. The quantitative estimate of drug-likeness (QED) is 0.268. The molecule has 6 rings (SSSR count). The number of H-pyrrole nitrogens is 1. The number of aromatic amines is 1. The molecule has 3 aliphatic rings. The SMILES string of the molecule is COc1cc(C)c2[nH]ccc2c1CN1CCC2(C[C@@H]1c1ccc(C(=O)O)cc1NC1CC(F)(F)C1)CC(F)(F)C2. The molecule has 1 aromatic heterocycles. The van der Waals surface area contributed by atoms with Crippen molar-refractivity contribution in [1.82, 2.24) is 9.88 Å². The van der Waals surface area contributed by atoms with E-state index in [1.165, 1.54) is 12.1 Å². The summed E-state index contributed by atoms with van der Waals surface area (Å²) in [5, 5.41) is 13.8. The second-order valence-electron chi connectivity index (χ2n) is 12.0. The number of alkyl halides is 4. The molecule has 3 N–H and O–H groups in total. The van der Waals surface area contributed by atoms with Crippen molar-refractivity contribution in [3.63, 3.8) is 0 Å². The Hall–Kier alpha value is -3.27. The highest BCUT2D eigenvalue weighted by Crippen LogP contribution is 2.61. The van der Waals surface area contributed by atoms with Crippen LogP contribution in [-0.4, -0.2) is 52.5 Å². The van der Waals surface area contributed by atoms with Gasteiger partial charge in [-0.25, -0.2) is 22.4 Å². The minimum atomic E-state index is -2.75. The summed E-state index contributed by atoms with van der Waals surface area (Å²) in [6.45, 7) is 3.04. The van der Waals surface area contributed by atoms with Crippen molar-refractivity contribution < 1.29 is 32.2 Å². The smallest absolute Gasteiger partial charge is 0.335 e. The van der Waals surface area contributed by atoms with Crippen molar-refractivity contribution in [1.29, 1.82) is 0 Å². The monoisotopic (exact) mass is 559 g/mol. The minimum absolute atomic E-state index is 0.0406. The molecule has 0 unspecified atom stereocenters. The van der Waals surface area contributed by atoms with Crippen LogP contribution in [0.3, 0.4) is 0 Å². The topological polar surface area (TPSA) is 77.6 Å². The number of hydrogen-bond acceptors (Lipinski definition) is 4. The summed E-state index contributed by atoms with van der Waals surface area (Å²) < 4.78 is 61.4. The molecule has 214 valence electrons. The van der Waals surface area contributed by atoms with Gasteiger partial charge < -0.3 is 20.1 Å². The molecule has 6 nitrogen and oxygen atoms in total. The van der Waals surface area contributed by atoms with Crippen LogP contribution in [0.2, 0.25) is 0 Å². The molecule has 10 heteroatoms. The third-order valence-corrected chi connectivity index (χ3v) is 9.07. The first-order chi connectivity index (χ1) is 18.9. The summed E-state index contributed by atoms with van der Waals surface area (Å²) in [5.74, 6) is -5.82. The predicted octanol–water partition coefficient (Wildman–Crippen LogP) is 7.15. The number of hydrogen-bond donors (Lipinski definition) is 3. The maximum atomic E-state index is 14.2. The fraction of sp³-hybridized carbons (Fsp3) is 0.500. The van der Waals surface area contributed by atoms with E-state index >= 15 is 0 Å². The van der Waals surface area contributed by atoms with Crippen molar-refractivity contribution >= 4 is 22.6 Å².